The van der Waals surface area contributed by atoms with Crippen LogP contribution in [-0.2, 0) is 0 Å². The van der Waals surface area contributed by atoms with Gasteiger partial charge in [-0.25, -0.2) is 4.98 Å². The number of hydrogen-bond acceptors (Lipinski definition) is 2. The number of piperidine rings is 1. The maximum absolute atomic E-state index is 4.28. The van der Waals surface area contributed by atoms with Crippen LogP contribution >= 0.6 is 15.9 Å². The molecule has 100 valence electrons. The van der Waals surface area contributed by atoms with Gasteiger partial charge in [-0.1, -0.05) is 12.5 Å². The van der Waals surface area contributed by atoms with E-state index < -0.39 is 0 Å². The van der Waals surface area contributed by atoms with Crippen molar-refractivity contribution in [3.63, 3.8) is 0 Å². The lowest BCUT2D eigenvalue weighted by atomic mass is 9.97. The highest BCUT2D eigenvalue weighted by Gasteiger charge is 2.16. The molecule has 19 heavy (non-hydrogen) atoms. The Kier molecular flexibility index (Phi) is 3.71. The van der Waals surface area contributed by atoms with Gasteiger partial charge in [0.1, 0.15) is 5.82 Å². The van der Waals surface area contributed by atoms with Crippen molar-refractivity contribution in [2.75, 3.05) is 6.54 Å². The Morgan fingerprint density at radius 3 is 2.89 bits per heavy atom. The van der Waals surface area contributed by atoms with Crippen molar-refractivity contribution in [1.29, 1.82) is 0 Å². The van der Waals surface area contributed by atoms with Gasteiger partial charge in [-0.2, -0.15) is 0 Å². The Morgan fingerprint density at radius 1 is 1.37 bits per heavy atom. The molecule has 0 radical (unpaired) electrons. The molecule has 4 heteroatoms. The first-order chi connectivity index (χ1) is 9.25. The summed E-state index contributed by atoms with van der Waals surface area (Å²) >= 11 is 3.69. The second-order valence-electron chi connectivity index (χ2n) is 5.06. The van der Waals surface area contributed by atoms with Gasteiger partial charge >= 0.3 is 0 Å². The minimum Gasteiger partial charge on any atom is -0.310 e. The summed E-state index contributed by atoms with van der Waals surface area (Å²) in [5.74, 6) is 1.00. The number of nitrogens with zero attached hydrogens (tertiary/aromatic N) is 2. The maximum Gasteiger partial charge on any atom is 0.110 e. The minimum atomic E-state index is 0.503. The molecule has 1 atom stereocenters. The lowest BCUT2D eigenvalue weighted by Crippen LogP contribution is -2.26. The molecule has 0 spiro atoms. The Morgan fingerprint density at radius 2 is 2.26 bits per heavy atom. The molecular weight excluding hydrogens is 302 g/mol. The fourth-order valence-electron chi connectivity index (χ4n) is 2.70. The number of aryl methyl sites for hydroxylation is 1. The minimum absolute atomic E-state index is 0.503. The molecule has 1 unspecified atom stereocenters. The number of hydrogen-bond donors (Lipinski definition) is 1. The zero-order valence-electron chi connectivity index (χ0n) is 11.1. The molecule has 0 aliphatic carbocycles. The molecular formula is C15H18BrN3. The summed E-state index contributed by atoms with van der Waals surface area (Å²) in [5.41, 5.74) is 2.52. The second-order valence-corrected chi connectivity index (χ2v) is 5.91. The molecule has 1 aliphatic rings. The van der Waals surface area contributed by atoms with E-state index in [0.717, 1.165) is 22.5 Å². The van der Waals surface area contributed by atoms with Crippen LogP contribution < -0.4 is 5.32 Å². The Balaban J connectivity index is 1.91. The van der Waals surface area contributed by atoms with Crippen LogP contribution in [-0.4, -0.2) is 16.1 Å². The molecule has 1 saturated heterocycles. The van der Waals surface area contributed by atoms with Gasteiger partial charge < -0.3 is 9.88 Å². The number of rotatable bonds is 2. The van der Waals surface area contributed by atoms with E-state index in [1.165, 1.54) is 24.8 Å². The summed E-state index contributed by atoms with van der Waals surface area (Å²) in [6.45, 7) is 3.15. The molecule has 1 fully saturated rings. The van der Waals surface area contributed by atoms with E-state index in [1.807, 2.05) is 19.3 Å². The van der Waals surface area contributed by atoms with Crippen LogP contribution in [0, 0.1) is 6.92 Å². The SMILES string of the molecule is Cc1nccn1-c1ccc(C2CCCCN2)cc1Br. The number of halogens is 1. The highest BCUT2D eigenvalue weighted by Crippen LogP contribution is 2.29. The van der Waals surface area contributed by atoms with Crippen LogP contribution in [0.15, 0.2) is 35.1 Å². The van der Waals surface area contributed by atoms with Crippen molar-refractivity contribution >= 4 is 15.9 Å². The van der Waals surface area contributed by atoms with Crippen molar-refractivity contribution < 1.29 is 0 Å². The summed E-state index contributed by atoms with van der Waals surface area (Å²) < 4.78 is 3.22. The summed E-state index contributed by atoms with van der Waals surface area (Å²) in [5, 5.41) is 3.59. The smallest absolute Gasteiger partial charge is 0.110 e. The first-order valence-electron chi connectivity index (χ1n) is 6.79. The standard InChI is InChI=1S/C15H18BrN3/c1-11-17-8-9-19(11)15-6-5-12(10-13(15)16)14-4-2-3-7-18-14/h5-6,8-10,14,18H,2-4,7H2,1H3. The molecule has 1 N–H and O–H groups in total. The van der Waals surface area contributed by atoms with Crippen LogP contribution in [0.2, 0.25) is 0 Å². The molecule has 1 aromatic carbocycles. The fourth-order valence-corrected chi connectivity index (χ4v) is 3.29. The number of aromatic nitrogens is 2. The molecule has 0 bridgehead atoms. The van der Waals surface area contributed by atoms with Crippen LogP contribution in [0.5, 0.6) is 0 Å². The first-order valence-corrected chi connectivity index (χ1v) is 7.58. The molecule has 0 saturated carbocycles. The van der Waals surface area contributed by atoms with Crippen LogP contribution in [0.4, 0.5) is 0 Å². The maximum atomic E-state index is 4.28. The second kappa shape index (κ2) is 5.47. The highest BCUT2D eigenvalue weighted by atomic mass is 79.9. The van der Waals surface area contributed by atoms with E-state index in [-0.39, 0.29) is 0 Å². The molecule has 0 amide bonds. The van der Waals surface area contributed by atoms with Crippen molar-refractivity contribution in [2.24, 2.45) is 0 Å². The van der Waals surface area contributed by atoms with Crippen LogP contribution in [0.25, 0.3) is 5.69 Å². The van der Waals surface area contributed by atoms with Gasteiger partial charge in [0.15, 0.2) is 0 Å². The molecule has 2 aromatic rings. The van der Waals surface area contributed by atoms with E-state index in [4.69, 9.17) is 0 Å². The van der Waals surface area contributed by atoms with Crippen molar-refractivity contribution in [1.82, 2.24) is 14.9 Å². The Bertz CT molecular complexity index is 571. The van der Waals surface area contributed by atoms with Crippen LogP contribution in [0.3, 0.4) is 0 Å². The molecule has 3 rings (SSSR count). The number of imidazole rings is 1. The van der Waals surface area contributed by atoms with Crippen molar-refractivity contribution in [3.05, 3.63) is 46.5 Å². The lowest BCUT2D eigenvalue weighted by molar-refractivity contribution is 0.412. The third-order valence-electron chi connectivity index (χ3n) is 3.77. The number of benzene rings is 1. The van der Waals surface area contributed by atoms with Gasteiger partial charge in [0.05, 0.1) is 5.69 Å². The predicted molar refractivity (Wildman–Crippen MR) is 80.6 cm³/mol. The molecule has 3 nitrogen and oxygen atoms in total. The predicted octanol–water partition coefficient (Wildman–Crippen LogP) is 3.76. The lowest BCUT2D eigenvalue weighted by Gasteiger charge is -2.24. The summed E-state index contributed by atoms with van der Waals surface area (Å²) in [7, 11) is 0. The molecule has 2 heterocycles. The van der Waals surface area contributed by atoms with Gasteiger partial charge in [-0.05, 0) is 59.9 Å². The summed E-state index contributed by atoms with van der Waals surface area (Å²) in [4.78, 5) is 4.28. The monoisotopic (exact) mass is 319 g/mol. The van der Waals surface area contributed by atoms with E-state index in [1.54, 1.807) is 0 Å². The van der Waals surface area contributed by atoms with E-state index >= 15 is 0 Å². The Hall–Kier alpha value is -1.13. The topological polar surface area (TPSA) is 29.9 Å². The first kappa shape index (κ1) is 12.9. The zero-order chi connectivity index (χ0) is 13.2. The summed E-state index contributed by atoms with van der Waals surface area (Å²) in [6.07, 6.45) is 7.67. The largest absolute Gasteiger partial charge is 0.310 e. The van der Waals surface area contributed by atoms with Gasteiger partial charge in [-0.15, -0.1) is 0 Å². The zero-order valence-corrected chi connectivity index (χ0v) is 12.7. The van der Waals surface area contributed by atoms with Gasteiger partial charge in [0.25, 0.3) is 0 Å². The normalized spacial score (nSPS) is 19.6. The van der Waals surface area contributed by atoms with Gasteiger partial charge in [0.2, 0.25) is 0 Å². The van der Waals surface area contributed by atoms with E-state index in [9.17, 15) is 0 Å². The van der Waals surface area contributed by atoms with Gasteiger partial charge in [0, 0.05) is 22.9 Å². The quantitative estimate of drug-likeness (QED) is 0.913. The van der Waals surface area contributed by atoms with E-state index in [2.05, 4.69) is 49.0 Å². The Labute approximate surface area is 122 Å². The fraction of sp³-hybridized carbons (Fsp3) is 0.400. The highest BCUT2D eigenvalue weighted by molar-refractivity contribution is 9.10. The third kappa shape index (κ3) is 2.60. The van der Waals surface area contributed by atoms with Crippen molar-refractivity contribution in [2.45, 2.75) is 32.2 Å². The summed E-state index contributed by atoms with van der Waals surface area (Å²) in [6, 6.07) is 7.13. The van der Waals surface area contributed by atoms with Gasteiger partial charge in [-0.3, -0.25) is 0 Å². The average Bonchev–Trinajstić information content (AvgIpc) is 2.86. The third-order valence-corrected chi connectivity index (χ3v) is 4.40. The number of nitrogens with one attached hydrogen (secondary N) is 1. The molecule has 1 aromatic heterocycles. The molecule has 1 aliphatic heterocycles. The van der Waals surface area contributed by atoms with Crippen LogP contribution in [0.1, 0.15) is 36.7 Å². The van der Waals surface area contributed by atoms with E-state index in [0.29, 0.717) is 6.04 Å². The average molecular weight is 320 g/mol. The van der Waals surface area contributed by atoms with Crippen molar-refractivity contribution in [3.8, 4) is 5.69 Å².